The number of aromatic nitrogens is 4. The number of aryl methyl sites for hydroxylation is 1. The molecule has 122 valence electrons. The second-order valence-electron chi connectivity index (χ2n) is 5.24. The highest BCUT2D eigenvalue weighted by Gasteiger charge is 2.08. The molecule has 2 heterocycles. The summed E-state index contributed by atoms with van der Waals surface area (Å²) in [6.45, 7) is 2.31. The molecule has 0 fully saturated rings. The van der Waals surface area contributed by atoms with Crippen molar-refractivity contribution in [1.82, 2.24) is 19.5 Å². The Bertz CT molecular complexity index is 905. The van der Waals surface area contributed by atoms with Crippen molar-refractivity contribution in [2.75, 3.05) is 11.1 Å². The molecule has 7 nitrogen and oxygen atoms in total. The van der Waals surface area contributed by atoms with E-state index in [2.05, 4.69) is 27.2 Å². The van der Waals surface area contributed by atoms with Crippen molar-refractivity contribution in [2.45, 2.75) is 19.9 Å². The second-order valence-corrected chi connectivity index (χ2v) is 5.24. The molecule has 0 aliphatic heterocycles. The zero-order valence-electron chi connectivity index (χ0n) is 13.3. The van der Waals surface area contributed by atoms with Crippen molar-refractivity contribution < 1.29 is 0 Å². The largest absolute Gasteiger partial charge is 0.368 e. The van der Waals surface area contributed by atoms with Gasteiger partial charge in [-0.1, -0.05) is 31.2 Å². The minimum atomic E-state index is -0.123. The number of rotatable bonds is 5. The van der Waals surface area contributed by atoms with E-state index in [1.807, 2.05) is 24.3 Å². The molecule has 0 amide bonds. The number of hydrogen-bond acceptors (Lipinski definition) is 6. The summed E-state index contributed by atoms with van der Waals surface area (Å²) in [6, 6.07) is 12.9. The predicted molar refractivity (Wildman–Crippen MR) is 93.1 cm³/mol. The lowest BCUT2D eigenvalue weighted by molar-refractivity contribution is 0.711. The number of para-hydroxylation sites is 1. The topological polar surface area (TPSA) is 98.7 Å². The summed E-state index contributed by atoms with van der Waals surface area (Å²) in [5.41, 5.74) is 7.74. The summed E-state index contributed by atoms with van der Waals surface area (Å²) < 4.78 is 1.51. The molecule has 3 aromatic rings. The molecule has 0 saturated carbocycles. The van der Waals surface area contributed by atoms with Crippen LogP contribution in [-0.4, -0.2) is 19.5 Å². The van der Waals surface area contributed by atoms with Crippen LogP contribution in [0.3, 0.4) is 0 Å². The Hall–Kier alpha value is -3.22. The quantitative estimate of drug-likeness (QED) is 0.745. The number of nitrogen functional groups attached to an aromatic ring is 1. The predicted octanol–water partition coefficient (Wildman–Crippen LogP) is 1.97. The van der Waals surface area contributed by atoms with Gasteiger partial charge in [0.1, 0.15) is 0 Å². The van der Waals surface area contributed by atoms with Crippen molar-refractivity contribution in [2.24, 2.45) is 0 Å². The molecule has 3 N–H and O–H groups in total. The lowest BCUT2D eigenvalue weighted by Gasteiger charge is -2.11. The molecule has 0 spiro atoms. The number of benzene rings is 1. The molecule has 3 rings (SSSR count). The van der Waals surface area contributed by atoms with Gasteiger partial charge in [0.2, 0.25) is 11.9 Å². The van der Waals surface area contributed by atoms with Gasteiger partial charge in [-0.15, -0.1) is 0 Å². The van der Waals surface area contributed by atoms with E-state index in [1.54, 1.807) is 18.3 Å². The molecule has 0 atom stereocenters. The van der Waals surface area contributed by atoms with E-state index >= 15 is 0 Å². The van der Waals surface area contributed by atoms with E-state index in [0.29, 0.717) is 11.8 Å². The molecule has 0 unspecified atom stereocenters. The standard InChI is InChI=1S/C17H18N6O/c1-2-12-7-3-4-8-13(12)19-17-21-14(20-16(18)22-17)11-23-10-6-5-9-15(23)24/h3-10H,2,11H2,1H3,(H3,18,19,20,21,22). The third kappa shape index (κ3) is 3.57. The Morgan fingerprint density at radius 3 is 2.67 bits per heavy atom. The highest BCUT2D eigenvalue weighted by atomic mass is 16.1. The maximum absolute atomic E-state index is 11.8. The van der Waals surface area contributed by atoms with Gasteiger partial charge in [0.25, 0.3) is 5.56 Å². The van der Waals surface area contributed by atoms with Gasteiger partial charge in [0.15, 0.2) is 5.82 Å². The zero-order valence-corrected chi connectivity index (χ0v) is 13.3. The monoisotopic (exact) mass is 322 g/mol. The molecular weight excluding hydrogens is 304 g/mol. The molecule has 2 aromatic heterocycles. The van der Waals surface area contributed by atoms with Crippen LogP contribution >= 0.6 is 0 Å². The molecule has 7 heteroatoms. The highest BCUT2D eigenvalue weighted by molar-refractivity contribution is 5.58. The van der Waals surface area contributed by atoms with E-state index in [4.69, 9.17) is 5.73 Å². The van der Waals surface area contributed by atoms with Gasteiger partial charge in [0, 0.05) is 18.0 Å². The van der Waals surface area contributed by atoms with Gasteiger partial charge >= 0.3 is 0 Å². The second kappa shape index (κ2) is 6.91. The number of hydrogen-bond donors (Lipinski definition) is 2. The van der Waals surface area contributed by atoms with E-state index in [-0.39, 0.29) is 18.1 Å². The summed E-state index contributed by atoms with van der Waals surface area (Å²) in [6.07, 6.45) is 2.57. The maximum Gasteiger partial charge on any atom is 0.250 e. The van der Waals surface area contributed by atoms with E-state index in [9.17, 15) is 4.79 Å². The number of nitrogens with zero attached hydrogens (tertiary/aromatic N) is 4. The Morgan fingerprint density at radius 2 is 1.88 bits per heavy atom. The molecule has 1 aromatic carbocycles. The number of anilines is 3. The van der Waals surface area contributed by atoms with E-state index in [1.165, 1.54) is 10.6 Å². The van der Waals surface area contributed by atoms with Crippen LogP contribution in [-0.2, 0) is 13.0 Å². The third-order valence-electron chi connectivity index (χ3n) is 3.55. The maximum atomic E-state index is 11.8. The van der Waals surface area contributed by atoms with Crippen molar-refractivity contribution in [3.63, 3.8) is 0 Å². The summed E-state index contributed by atoms with van der Waals surface area (Å²) in [5.74, 6) is 0.898. The van der Waals surface area contributed by atoms with Gasteiger partial charge in [-0.2, -0.15) is 15.0 Å². The molecule has 0 radical (unpaired) electrons. The molecule has 0 aliphatic rings. The summed E-state index contributed by atoms with van der Waals surface area (Å²) >= 11 is 0. The fourth-order valence-electron chi connectivity index (χ4n) is 2.38. The van der Waals surface area contributed by atoms with Crippen molar-refractivity contribution in [3.8, 4) is 0 Å². The van der Waals surface area contributed by atoms with Gasteiger partial charge in [0.05, 0.1) is 6.54 Å². The van der Waals surface area contributed by atoms with Gasteiger partial charge in [-0.25, -0.2) is 0 Å². The van der Waals surface area contributed by atoms with Crippen LogP contribution < -0.4 is 16.6 Å². The minimum absolute atomic E-state index is 0.112. The lowest BCUT2D eigenvalue weighted by Crippen LogP contribution is -2.20. The first-order valence-corrected chi connectivity index (χ1v) is 7.66. The van der Waals surface area contributed by atoms with Crippen molar-refractivity contribution >= 4 is 17.6 Å². The van der Waals surface area contributed by atoms with Crippen molar-refractivity contribution in [3.05, 3.63) is 70.4 Å². The van der Waals surface area contributed by atoms with Gasteiger partial charge in [-0.05, 0) is 24.1 Å². The SMILES string of the molecule is CCc1ccccc1Nc1nc(N)nc(Cn2ccccc2=O)n1. The summed E-state index contributed by atoms with van der Waals surface area (Å²) in [4.78, 5) is 24.4. The first kappa shape index (κ1) is 15.7. The Morgan fingerprint density at radius 1 is 1.08 bits per heavy atom. The van der Waals surface area contributed by atoms with Gasteiger partial charge < -0.3 is 15.6 Å². The van der Waals surface area contributed by atoms with Crippen LogP contribution in [0, 0.1) is 0 Å². The lowest BCUT2D eigenvalue weighted by atomic mass is 10.1. The molecule has 0 saturated heterocycles. The number of nitrogens with two attached hydrogens (primary N) is 1. The summed E-state index contributed by atoms with van der Waals surface area (Å²) in [5, 5.41) is 3.18. The average Bonchev–Trinajstić information content (AvgIpc) is 2.57. The zero-order chi connectivity index (χ0) is 16.9. The van der Waals surface area contributed by atoms with Crippen molar-refractivity contribution in [1.29, 1.82) is 0 Å². The van der Waals surface area contributed by atoms with Crippen LogP contribution in [0.4, 0.5) is 17.6 Å². The molecular formula is C17H18N6O. The van der Waals surface area contributed by atoms with Crippen LogP contribution in [0.2, 0.25) is 0 Å². The van der Waals surface area contributed by atoms with Crippen LogP contribution in [0.15, 0.2) is 53.5 Å². The van der Waals surface area contributed by atoms with Gasteiger partial charge in [-0.3, -0.25) is 4.79 Å². The third-order valence-corrected chi connectivity index (χ3v) is 3.55. The number of pyridine rings is 1. The fourth-order valence-corrected chi connectivity index (χ4v) is 2.38. The van der Waals surface area contributed by atoms with E-state index < -0.39 is 0 Å². The molecule has 24 heavy (non-hydrogen) atoms. The normalized spacial score (nSPS) is 10.5. The Labute approximate surface area is 139 Å². The minimum Gasteiger partial charge on any atom is -0.368 e. The first-order chi connectivity index (χ1) is 11.7. The average molecular weight is 322 g/mol. The fraction of sp³-hybridized carbons (Fsp3) is 0.176. The Kier molecular flexibility index (Phi) is 4.51. The highest BCUT2D eigenvalue weighted by Crippen LogP contribution is 2.19. The molecule has 0 bridgehead atoms. The van der Waals surface area contributed by atoms with E-state index in [0.717, 1.165) is 17.7 Å². The van der Waals surface area contributed by atoms with Crippen LogP contribution in [0.25, 0.3) is 0 Å². The van der Waals surface area contributed by atoms with Crippen LogP contribution in [0.1, 0.15) is 18.3 Å². The Balaban J connectivity index is 1.89. The summed E-state index contributed by atoms with van der Waals surface area (Å²) in [7, 11) is 0. The molecule has 0 aliphatic carbocycles. The first-order valence-electron chi connectivity index (χ1n) is 7.66. The van der Waals surface area contributed by atoms with Crippen LogP contribution in [0.5, 0.6) is 0 Å². The smallest absolute Gasteiger partial charge is 0.250 e. The number of nitrogens with one attached hydrogen (secondary N) is 1.